The lowest BCUT2D eigenvalue weighted by atomic mass is 10.0. The number of pyridine rings is 1. The molecule has 0 saturated heterocycles. The van der Waals surface area contributed by atoms with Crippen LogP contribution in [0.3, 0.4) is 0 Å². The van der Waals surface area contributed by atoms with E-state index in [2.05, 4.69) is 9.88 Å². The van der Waals surface area contributed by atoms with Gasteiger partial charge in [-0.2, -0.15) is 0 Å². The Morgan fingerprint density at radius 2 is 2.12 bits per heavy atom. The van der Waals surface area contributed by atoms with Gasteiger partial charge in [-0.25, -0.2) is 0 Å². The Bertz CT molecular complexity index is 613. The van der Waals surface area contributed by atoms with E-state index in [4.69, 9.17) is 0 Å². The maximum absolute atomic E-state index is 12.3. The molecule has 3 rings (SSSR count). The van der Waals surface area contributed by atoms with Gasteiger partial charge in [0.1, 0.15) is 0 Å². The highest BCUT2D eigenvalue weighted by Crippen LogP contribution is 2.17. The molecule has 2 heterocycles. The lowest BCUT2D eigenvalue weighted by Gasteiger charge is -2.21. The molecule has 0 aliphatic carbocycles. The van der Waals surface area contributed by atoms with Crippen molar-refractivity contribution in [3.63, 3.8) is 0 Å². The van der Waals surface area contributed by atoms with Crippen molar-refractivity contribution in [3.8, 4) is 0 Å². The van der Waals surface area contributed by atoms with Crippen LogP contribution in [-0.4, -0.2) is 11.1 Å². The molecule has 1 aromatic carbocycles. The molecule has 0 amide bonds. The average molecular weight is 214 g/mol. The average Bonchev–Trinajstić information content (AvgIpc) is 2.36. The van der Waals surface area contributed by atoms with Gasteiger partial charge in [-0.1, -0.05) is 12.1 Å². The summed E-state index contributed by atoms with van der Waals surface area (Å²) in [5.41, 5.74) is 3.35. The monoisotopic (exact) mass is 214 g/mol. The van der Waals surface area contributed by atoms with Crippen molar-refractivity contribution < 1.29 is 0 Å². The summed E-state index contributed by atoms with van der Waals surface area (Å²) < 4.78 is 2.16. The van der Waals surface area contributed by atoms with E-state index < -0.39 is 0 Å². The summed E-state index contributed by atoms with van der Waals surface area (Å²) in [6.45, 7) is 1.66. The normalized spacial score (nSPS) is 15.1. The maximum Gasteiger partial charge on any atom is 0.194 e. The van der Waals surface area contributed by atoms with Crippen LogP contribution in [0.15, 0.2) is 29.1 Å². The fraction of sp³-hybridized carbons (Fsp3) is 0.308. The lowest BCUT2D eigenvalue weighted by Crippen LogP contribution is -2.32. The SMILES string of the molecule is Cn1c2c(c(=O)c3ccccc31)CNCC2. The summed E-state index contributed by atoms with van der Waals surface area (Å²) in [6, 6.07) is 7.83. The van der Waals surface area contributed by atoms with Crippen molar-refractivity contribution in [2.75, 3.05) is 6.54 Å². The molecule has 1 aliphatic heterocycles. The van der Waals surface area contributed by atoms with Crippen molar-refractivity contribution >= 4 is 10.9 Å². The minimum absolute atomic E-state index is 0.191. The number of nitrogens with zero attached hydrogens (tertiary/aromatic N) is 1. The van der Waals surface area contributed by atoms with E-state index >= 15 is 0 Å². The molecule has 1 N–H and O–H groups in total. The molecule has 16 heavy (non-hydrogen) atoms. The summed E-state index contributed by atoms with van der Waals surface area (Å²) in [6.07, 6.45) is 0.936. The van der Waals surface area contributed by atoms with Crippen LogP contribution in [0.2, 0.25) is 0 Å². The predicted molar refractivity (Wildman–Crippen MR) is 64.6 cm³/mol. The summed E-state index contributed by atoms with van der Waals surface area (Å²) in [4.78, 5) is 12.3. The van der Waals surface area contributed by atoms with Crippen LogP contribution in [0.4, 0.5) is 0 Å². The number of nitrogens with one attached hydrogen (secondary N) is 1. The van der Waals surface area contributed by atoms with Crippen molar-refractivity contribution in [2.45, 2.75) is 13.0 Å². The Hall–Kier alpha value is -1.61. The van der Waals surface area contributed by atoms with E-state index in [1.165, 1.54) is 5.69 Å². The number of rotatable bonds is 0. The van der Waals surface area contributed by atoms with Crippen molar-refractivity contribution in [1.29, 1.82) is 0 Å². The molecule has 0 unspecified atom stereocenters. The van der Waals surface area contributed by atoms with Gasteiger partial charge in [-0.15, -0.1) is 0 Å². The number of aryl methyl sites for hydroxylation is 1. The molecule has 2 aromatic rings. The van der Waals surface area contributed by atoms with Crippen molar-refractivity contribution in [3.05, 3.63) is 45.7 Å². The van der Waals surface area contributed by atoms with Crippen LogP contribution >= 0.6 is 0 Å². The van der Waals surface area contributed by atoms with Gasteiger partial charge in [0.25, 0.3) is 0 Å². The Labute approximate surface area is 93.7 Å². The van der Waals surface area contributed by atoms with E-state index in [9.17, 15) is 4.79 Å². The van der Waals surface area contributed by atoms with Crippen LogP contribution < -0.4 is 10.7 Å². The molecule has 0 spiro atoms. The van der Waals surface area contributed by atoms with E-state index in [-0.39, 0.29) is 5.43 Å². The minimum Gasteiger partial charge on any atom is -0.347 e. The number of benzene rings is 1. The van der Waals surface area contributed by atoms with Crippen LogP contribution in [0.1, 0.15) is 11.3 Å². The number of hydrogen-bond acceptors (Lipinski definition) is 2. The van der Waals surface area contributed by atoms with Crippen molar-refractivity contribution in [1.82, 2.24) is 9.88 Å². The molecule has 0 fully saturated rings. The zero-order valence-corrected chi connectivity index (χ0v) is 9.29. The first-order chi connectivity index (χ1) is 7.79. The highest BCUT2D eigenvalue weighted by molar-refractivity contribution is 5.80. The van der Waals surface area contributed by atoms with Gasteiger partial charge in [0.15, 0.2) is 5.43 Å². The highest BCUT2D eigenvalue weighted by atomic mass is 16.1. The second-order valence-corrected chi connectivity index (χ2v) is 4.26. The van der Waals surface area contributed by atoms with Crippen LogP contribution in [0, 0.1) is 0 Å². The Kier molecular flexibility index (Phi) is 2.07. The standard InChI is InChI=1S/C13H14N2O/c1-15-11-5-3-2-4-9(11)13(16)10-8-14-7-6-12(10)15/h2-5,14H,6-8H2,1H3. The van der Waals surface area contributed by atoms with Gasteiger partial charge >= 0.3 is 0 Å². The first-order valence-electron chi connectivity index (χ1n) is 5.59. The molecule has 3 nitrogen and oxygen atoms in total. The lowest BCUT2D eigenvalue weighted by molar-refractivity contribution is 0.607. The molecular weight excluding hydrogens is 200 g/mol. The second kappa shape index (κ2) is 3.46. The van der Waals surface area contributed by atoms with E-state index in [0.717, 1.165) is 29.4 Å². The minimum atomic E-state index is 0.191. The van der Waals surface area contributed by atoms with Crippen LogP contribution in [-0.2, 0) is 20.0 Å². The quantitative estimate of drug-likeness (QED) is 0.714. The van der Waals surface area contributed by atoms with E-state index in [0.29, 0.717) is 6.54 Å². The van der Waals surface area contributed by atoms with Crippen molar-refractivity contribution in [2.24, 2.45) is 7.05 Å². The summed E-state index contributed by atoms with van der Waals surface area (Å²) >= 11 is 0. The third kappa shape index (κ3) is 1.21. The first-order valence-corrected chi connectivity index (χ1v) is 5.59. The van der Waals surface area contributed by atoms with Gasteiger partial charge in [-0.3, -0.25) is 4.79 Å². The number of aromatic nitrogens is 1. The van der Waals surface area contributed by atoms with Gasteiger partial charge in [0.2, 0.25) is 0 Å². The van der Waals surface area contributed by atoms with Crippen LogP contribution in [0.5, 0.6) is 0 Å². The van der Waals surface area contributed by atoms with Gasteiger partial charge < -0.3 is 9.88 Å². The Morgan fingerprint density at radius 1 is 1.31 bits per heavy atom. The molecule has 0 bridgehead atoms. The number of fused-ring (bicyclic) bond motifs is 2. The molecule has 0 atom stereocenters. The fourth-order valence-electron chi connectivity index (χ4n) is 2.52. The predicted octanol–water partition coefficient (Wildman–Crippen LogP) is 1.18. The summed E-state index contributed by atoms with van der Waals surface area (Å²) in [7, 11) is 2.05. The molecule has 1 aliphatic rings. The summed E-state index contributed by atoms with van der Waals surface area (Å²) in [5.74, 6) is 0. The van der Waals surface area contributed by atoms with E-state index in [1.807, 2.05) is 31.3 Å². The number of para-hydroxylation sites is 1. The Balaban J connectivity index is 2.49. The smallest absolute Gasteiger partial charge is 0.194 e. The van der Waals surface area contributed by atoms with Gasteiger partial charge in [0.05, 0.1) is 5.52 Å². The molecule has 0 saturated carbocycles. The fourth-order valence-corrected chi connectivity index (χ4v) is 2.52. The zero-order chi connectivity index (χ0) is 11.1. The topological polar surface area (TPSA) is 34.0 Å². The maximum atomic E-state index is 12.3. The molecule has 1 aromatic heterocycles. The third-order valence-electron chi connectivity index (χ3n) is 3.38. The third-order valence-corrected chi connectivity index (χ3v) is 3.38. The highest BCUT2D eigenvalue weighted by Gasteiger charge is 2.17. The second-order valence-electron chi connectivity index (χ2n) is 4.26. The largest absolute Gasteiger partial charge is 0.347 e. The number of hydrogen-bond donors (Lipinski definition) is 1. The molecular formula is C13H14N2O. The first kappa shape index (κ1) is 9.60. The molecule has 0 radical (unpaired) electrons. The molecule has 3 heteroatoms. The Morgan fingerprint density at radius 3 is 3.00 bits per heavy atom. The van der Waals surface area contributed by atoms with Gasteiger partial charge in [0, 0.05) is 43.2 Å². The van der Waals surface area contributed by atoms with Gasteiger partial charge in [-0.05, 0) is 12.1 Å². The summed E-state index contributed by atoms with van der Waals surface area (Å²) in [5, 5.41) is 4.09. The van der Waals surface area contributed by atoms with Crippen LogP contribution in [0.25, 0.3) is 10.9 Å². The molecule has 82 valence electrons. The zero-order valence-electron chi connectivity index (χ0n) is 9.29. The van der Waals surface area contributed by atoms with E-state index in [1.54, 1.807) is 0 Å².